The minimum atomic E-state index is -0.535. The zero-order chi connectivity index (χ0) is 18.4. The van der Waals surface area contributed by atoms with Crippen LogP contribution in [0.1, 0.15) is 33.2 Å². The van der Waals surface area contributed by atoms with Crippen LogP contribution in [-0.2, 0) is 16.0 Å². The maximum Gasteiger partial charge on any atom is 0.339 e. The van der Waals surface area contributed by atoms with E-state index in [2.05, 4.69) is 5.32 Å². The molecule has 0 fully saturated rings. The van der Waals surface area contributed by atoms with E-state index in [1.807, 2.05) is 0 Å². The molecule has 2 rings (SSSR count). The van der Waals surface area contributed by atoms with Gasteiger partial charge in [0, 0.05) is 11.1 Å². The molecular formula is C19H19NO5. The molecule has 0 heterocycles. The molecule has 1 amide bonds. The summed E-state index contributed by atoms with van der Waals surface area (Å²) in [5, 5.41) is 2.69. The van der Waals surface area contributed by atoms with Gasteiger partial charge in [-0.25, -0.2) is 4.79 Å². The van der Waals surface area contributed by atoms with Gasteiger partial charge in [-0.2, -0.15) is 0 Å². The Bertz CT molecular complexity index is 813. The van der Waals surface area contributed by atoms with E-state index in [9.17, 15) is 14.4 Å². The van der Waals surface area contributed by atoms with Gasteiger partial charge in [-0.15, -0.1) is 0 Å². The molecule has 0 aromatic heterocycles. The summed E-state index contributed by atoms with van der Waals surface area (Å²) in [7, 11) is 2.77. The summed E-state index contributed by atoms with van der Waals surface area (Å²) >= 11 is 0. The average Bonchev–Trinajstić information content (AvgIpc) is 2.61. The standard InChI is InChI=1S/C19H19NO5/c1-12(21)13-8-9-17(24-2)14(10-13)11-18(22)20-16-7-5-4-6-15(16)19(23)25-3/h4-10H,11H2,1-3H3,(H,20,22). The van der Waals surface area contributed by atoms with Gasteiger partial charge in [0.15, 0.2) is 5.78 Å². The summed E-state index contributed by atoms with van der Waals surface area (Å²) in [6, 6.07) is 11.5. The summed E-state index contributed by atoms with van der Waals surface area (Å²) in [5.41, 5.74) is 1.71. The zero-order valence-corrected chi connectivity index (χ0v) is 14.3. The molecule has 2 aromatic rings. The van der Waals surface area contributed by atoms with E-state index < -0.39 is 5.97 Å². The number of ketones is 1. The second kappa shape index (κ2) is 8.10. The lowest BCUT2D eigenvalue weighted by molar-refractivity contribution is -0.115. The van der Waals surface area contributed by atoms with Crippen molar-refractivity contribution in [1.82, 2.24) is 0 Å². The minimum Gasteiger partial charge on any atom is -0.496 e. The predicted octanol–water partition coefficient (Wildman–Crippen LogP) is 2.87. The molecular weight excluding hydrogens is 322 g/mol. The first-order chi connectivity index (χ1) is 12.0. The fourth-order valence-electron chi connectivity index (χ4n) is 2.38. The first kappa shape index (κ1) is 18.2. The van der Waals surface area contributed by atoms with Gasteiger partial charge in [-0.3, -0.25) is 9.59 Å². The molecule has 0 aliphatic carbocycles. The summed E-state index contributed by atoms with van der Waals surface area (Å²) in [6.07, 6.45) is -0.000198. The van der Waals surface area contributed by atoms with Gasteiger partial charge in [-0.1, -0.05) is 12.1 Å². The average molecular weight is 341 g/mol. The third kappa shape index (κ3) is 4.44. The highest BCUT2D eigenvalue weighted by Gasteiger charge is 2.15. The maximum absolute atomic E-state index is 12.4. The molecule has 0 saturated heterocycles. The number of hydrogen-bond acceptors (Lipinski definition) is 5. The zero-order valence-electron chi connectivity index (χ0n) is 14.3. The molecule has 6 nitrogen and oxygen atoms in total. The van der Waals surface area contributed by atoms with Crippen molar-refractivity contribution in [3.05, 3.63) is 59.2 Å². The largest absolute Gasteiger partial charge is 0.496 e. The first-order valence-electron chi connectivity index (χ1n) is 7.61. The number of methoxy groups -OCH3 is 2. The van der Waals surface area contributed by atoms with Crippen LogP contribution in [0.5, 0.6) is 5.75 Å². The SMILES string of the molecule is COC(=O)c1ccccc1NC(=O)Cc1cc(C(C)=O)ccc1OC. The van der Waals surface area contributed by atoms with Gasteiger partial charge < -0.3 is 14.8 Å². The molecule has 130 valence electrons. The van der Waals surface area contributed by atoms with Gasteiger partial charge in [0.05, 0.1) is 31.9 Å². The Morgan fingerprint density at radius 3 is 2.40 bits per heavy atom. The summed E-state index contributed by atoms with van der Waals surface area (Å²) in [6.45, 7) is 1.46. The van der Waals surface area contributed by atoms with Crippen LogP contribution < -0.4 is 10.1 Å². The lowest BCUT2D eigenvalue weighted by Crippen LogP contribution is -2.17. The maximum atomic E-state index is 12.4. The molecule has 0 unspecified atom stereocenters. The first-order valence-corrected chi connectivity index (χ1v) is 7.61. The van der Waals surface area contributed by atoms with E-state index in [-0.39, 0.29) is 23.7 Å². The lowest BCUT2D eigenvalue weighted by Gasteiger charge is -2.12. The van der Waals surface area contributed by atoms with Gasteiger partial charge in [0.2, 0.25) is 5.91 Å². The van der Waals surface area contributed by atoms with Crippen LogP contribution in [0.15, 0.2) is 42.5 Å². The van der Waals surface area contributed by atoms with Crippen LogP contribution in [-0.4, -0.2) is 31.9 Å². The molecule has 1 N–H and O–H groups in total. The molecule has 0 spiro atoms. The number of nitrogens with one attached hydrogen (secondary N) is 1. The molecule has 0 aliphatic heterocycles. The molecule has 0 saturated carbocycles. The van der Waals surface area contributed by atoms with E-state index in [1.54, 1.807) is 42.5 Å². The number of para-hydroxylation sites is 1. The van der Waals surface area contributed by atoms with E-state index in [1.165, 1.54) is 21.1 Å². The highest BCUT2D eigenvalue weighted by molar-refractivity contribution is 6.02. The third-order valence-electron chi connectivity index (χ3n) is 3.64. The van der Waals surface area contributed by atoms with Gasteiger partial charge in [0.1, 0.15) is 5.75 Å². The van der Waals surface area contributed by atoms with Crippen LogP contribution in [0, 0.1) is 0 Å². The van der Waals surface area contributed by atoms with Crippen LogP contribution in [0.25, 0.3) is 0 Å². The van der Waals surface area contributed by atoms with Crippen LogP contribution in [0.2, 0.25) is 0 Å². The van der Waals surface area contributed by atoms with Crippen LogP contribution >= 0.6 is 0 Å². The van der Waals surface area contributed by atoms with Crippen LogP contribution in [0.4, 0.5) is 5.69 Å². The molecule has 0 atom stereocenters. The van der Waals surface area contributed by atoms with E-state index in [0.29, 0.717) is 22.6 Å². The summed E-state index contributed by atoms with van der Waals surface area (Å²) in [5.74, 6) is -0.454. The number of rotatable bonds is 6. The number of carbonyl (C=O) groups is 3. The molecule has 0 radical (unpaired) electrons. The minimum absolute atomic E-state index is 0.000198. The Balaban J connectivity index is 2.23. The Kier molecular flexibility index (Phi) is 5.89. The van der Waals surface area contributed by atoms with Crippen molar-refractivity contribution in [3.63, 3.8) is 0 Å². The highest BCUT2D eigenvalue weighted by atomic mass is 16.5. The van der Waals surface area contributed by atoms with Crippen LogP contribution in [0.3, 0.4) is 0 Å². The quantitative estimate of drug-likeness (QED) is 0.645. The highest BCUT2D eigenvalue weighted by Crippen LogP contribution is 2.22. The van der Waals surface area contributed by atoms with Crippen molar-refractivity contribution in [3.8, 4) is 5.75 Å². The van der Waals surface area contributed by atoms with E-state index in [4.69, 9.17) is 9.47 Å². The summed E-state index contributed by atoms with van der Waals surface area (Å²) < 4.78 is 9.95. The Morgan fingerprint density at radius 2 is 1.76 bits per heavy atom. The number of amides is 1. The van der Waals surface area contributed by atoms with Crippen molar-refractivity contribution in [2.24, 2.45) is 0 Å². The van der Waals surface area contributed by atoms with Crippen molar-refractivity contribution < 1.29 is 23.9 Å². The number of ether oxygens (including phenoxy) is 2. The van der Waals surface area contributed by atoms with Gasteiger partial charge >= 0.3 is 5.97 Å². The molecule has 2 aromatic carbocycles. The topological polar surface area (TPSA) is 81.7 Å². The van der Waals surface area contributed by atoms with Crippen molar-refractivity contribution in [2.45, 2.75) is 13.3 Å². The molecule has 0 bridgehead atoms. The van der Waals surface area contributed by atoms with E-state index >= 15 is 0 Å². The molecule has 6 heteroatoms. The normalized spacial score (nSPS) is 10.0. The second-order valence-corrected chi connectivity index (χ2v) is 5.34. The lowest BCUT2D eigenvalue weighted by atomic mass is 10.0. The molecule has 25 heavy (non-hydrogen) atoms. The number of carbonyl (C=O) groups excluding carboxylic acids is 3. The smallest absolute Gasteiger partial charge is 0.339 e. The van der Waals surface area contributed by atoms with Crippen molar-refractivity contribution in [2.75, 3.05) is 19.5 Å². The monoisotopic (exact) mass is 341 g/mol. The van der Waals surface area contributed by atoms with Gasteiger partial charge in [-0.05, 0) is 37.3 Å². The number of hydrogen-bond donors (Lipinski definition) is 1. The van der Waals surface area contributed by atoms with Gasteiger partial charge in [0.25, 0.3) is 0 Å². The van der Waals surface area contributed by atoms with Crippen molar-refractivity contribution in [1.29, 1.82) is 0 Å². The Hall–Kier alpha value is -3.15. The summed E-state index contributed by atoms with van der Waals surface area (Å²) in [4.78, 5) is 35.7. The fourth-order valence-corrected chi connectivity index (χ4v) is 2.38. The number of Topliss-reactive ketones (excluding diaryl/α,β-unsaturated/α-hetero) is 1. The number of esters is 1. The van der Waals surface area contributed by atoms with E-state index in [0.717, 1.165) is 0 Å². The Labute approximate surface area is 145 Å². The fraction of sp³-hybridized carbons (Fsp3) is 0.211. The number of anilines is 1. The second-order valence-electron chi connectivity index (χ2n) is 5.34. The Morgan fingerprint density at radius 1 is 1.04 bits per heavy atom. The third-order valence-corrected chi connectivity index (χ3v) is 3.64. The number of benzene rings is 2. The van der Waals surface area contributed by atoms with Crippen molar-refractivity contribution >= 4 is 23.3 Å². The molecule has 0 aliphatic rings. The predicted molar refractivity (Wildman–Crippen MR) is 93.1 cm³/mol.